The quantitative estimate of drug-likeness (QED) is 0.830. The standard InChI is InChI=1S/C14H19NO4/c1-15-8-9(5-13(15)16)14-11(18-3)6-10(17-2)7-12(14)19-4/h6-7,9H,5,8H2,1-4H3. The number of likely N-dealkylation sites (tertiary alicyclic amines) is 1. The summed E-state index contributed by atoms with van der Waals surface area (Å²) < 4.78 is 16.1. The average molecular weight is 265 g/mol. The number of amides is 1. The first-order valence-electron chi connectivity index (χ1n) is 6.14. The van der Waals surface area contributed by atoms with Crippen LogP contribution in [0.1, 0.15) is 17.9 Å². The molecule has 5 heteroatoms. The maximum atomic E-state index is 11.7. The fraction of sp³-hybridized carbons (Fsp3) is 0.500. The van der Waals surface area contributed by atoms with Gasteiger partial charge in [-0.05, 0) is 0 Å². The first kappa shape index (κ1) is 13.5. The lowest BCUT2D eigenvalue weighted by Crippen LogP contribution is -2.18. The highest BCUT2D eigenvalue weighted by atomic mass is 16.5. The zero-order valence-corrected chi connectivity index (χ0v) is 11.7. The Morgan fingerprint density at radius 2 is 1.68 bits per heavy atom. The molecule has 0 aromatic heterocycles. The topological polar surface area (TPSA) is 48.0 Å². The van der Waals surface area contributed by atoms with Crippen LogP contribution in [0.25, 0.3) is 0 Å². The molecule has 19 heavy (non-hydrogen) atoms. The van der Waals surface area contributed by atoms with Gasteiger partial charge in [0.25, 0.3) is 0 Å². The summed E-state index contributed by atoms with van der Waals surface area (Å²) in [5.41, 5.74) is 0.934. The molecule has 0 bridgehead atoms. The van der Waals surface area contributed by atoms with Crippen molar-refractivity contribution >= 4 is 5.91 Å². The molecule has 0 aliphatic carbocycles. The van der Waals surface area contributed by atoms with Gasteiger partial charge in [0.2, 0.25) is 5.91 Å². The Kier molecular flexibility index (Phi) is 3.83. The molecule has 1 aliphatic rings. The lowest BCUT2D eigenvalue weighted by molar-refractivity contribution is -0.126. The molecule has 0 saturated carbocycles. The zero-order valence-electron chi connectivity index (χ0n) is 11.7. The van der Waals surface area contributed by atoms with Crippen LogP contribution in [0.5, 0.6) is 17.2 Å². The minimum Gasteiger partial charge on any atom is -0.496 e. The van der Waals surface area contributed by atoms with Gasteiger partial charge >= 0.3 is 0 Å². The van der Waals surface area contributed by atoms with Gasteiger partial charge in [0.1, 0.15) is 17.2 Å². The van der Waals surface area contributed by atoms with Gasteiger partial charge in [-0.1, -0.05) is 0 Å². The van der Waals surface area contributed by atoms with Gasteiger partial charge in [-0.2, -0.15) is 0 Å². The average Bonchev–Trinajstić information content (AvgIpc) is 2.76. The molecule has 1 heterocycles. The van der Waals surface area contributed by atoms with Crippen molar-refractivity contribution < 1.29 is 19.0 Å². The fourth-order valence-corrected chi connectivity index (χ4v) is 2.49. The van der Waals surface area contributed by atoms with E-state index in [4.69, 9.17) is 14.2 Å². The lowest BCUT2D eigenvalue weighted by atomic mass is 9.96. The van der Waals surface area contributed by atoms with Crippen molar-refractivity contribution in [1.29, 1.82) is 0 Å². The summed E-state index contributed by atoms with van der Waals surface area (Å²) in [4.78, 5) is 13.4. The largest absolute Gasteiger partial charge is 0.496 e. The Balaban J connectivity index is 2.46. The number of carbonyl (C=O) groups is 1. The van der Waals surface area contributed by atoms with Gasteiger partial charge in [0.15, 0.2) is 0 Å². The normalized spacial score (nSPS) is 18.6. The first-order valence-corrected chi connectivity index (χ1v) is 6.14. The lowest BCUT2D eigenvalue weighted by Gasteiger charge is -2.19. The Bertz CT molecular complexity index is 461. The minimum absolute atomic E-state index is 0.0910. The van der Waals surface area contributed by atoms with E-state index >= 15 is 0 Å². The van der Waals surface area contributed by atoms with Gasteiger partial charge < -0.3 is 19.1 Å². The maximum Gasteiger partial charge on any atom is 0.223 e. The molecule has 1 amide bonds. The number of carbonyl (C=O) groups excluding carboxylic acids is 1. The molecule has 1 aromatic rings. The molecule has 0 N–H and O–H groups in total. The summed E-state index contributed by atoms with van der Waals surface area (Å²) >= 11 is 0. The van der Waals surface area contributed by atoms with E-state index < -0.39 is 0 Å². The van der Waals surface area contributed by atoms with Crippen molar-refractivity contribution in [3.63, 3.8) is 0 Å². The predicted octanol–water partition coefficient (Wildman–Crippen LogP) is 1.66. The molecular formula is C14H19NO4. The summed E-state index contributed by atoms with van der Waals surface area (Å²) in [6.45, 7) is 0.678. The van der Waals surface area contributed by atoms with E-state index in [0.29, 0.717) is 30.2 Å². The number of hydrogen-bond acceptors (Lipinski definition) is 4. The van der Waals surface area contributed by atoms with E-state index in [1.807, 2.05) is 19.2 Å². The highest BCUT2D eigenvalue weighted by molar-refractivity contribution is 5.80. The Labute approximate surface area is 113 Å². The second kappa shape index (κ2) is 5.38. The first-order chi connectivity index (χ1) is 9.10. The Hall–Kier alpha value is -1.91. The van der Waals surface area contributed by atoms with Crippen LogP contribution in [-0.2, 0) is 4.79 Å². The van der Waals surface area contributed by atoms with Gasteiger partial charge in [0.05, 0.1) is 21.3 Å². The molecule has 0 spiro atoms. The molecule has 104 valence electrons. The smallest absolute Gasteiger partial charge is 0.223 e. The summed E-state index contributed by atoms with van der Waals surface area (Å²) in [5, 5.41) is 0. The Morgan fingerprint density at radius 3 is 2.05 bits per heavy atom. The van der Waals surface area contributed by atoms with Crippen molar-refractivity contribution in [1.82, 2.24) is 4.90 Å². The van der Waals surface area contributed by atoms with E-state index in [0.717, 1.165) is 5.56 Å². The van der Waals surface area contributed by atoms with Crippen LogP contribution in [0.4, 0.5) is 0 Å². The molecule has 1 aliphatic heterocycles. The second-order valence-corrected chi connectivity index (χ2v) is 4.62. The van der Waals surface area contributed by atoms with E-state index in [9.17, 15) is 4.79 Å². The molecular weight excluding hydrogens is 246 g/mol. The van der Waals surface area contributed by atoms with Gasteiger partial charge in [-0.15, -0.1) is 0 Å². The third-order valence-electron chi connectivity index (χ3n) is 3.50. The highest BCUT2D eigenvalue weighted by Crippen LogP contribution is 2.42. The van der Waals surface area contributed by atoms with Crippen LogP contribution in [0.3, 0.4) is 0 Å². The van der Waals surface area contributed by atoms with Crippen LogP contribution in [0.15, 0.2) is 12.1 Å². The molecule has 1 saturated heterocycles. The molecule has 1 unspecified atom stereocenters. The van der Waals surface area contributed by atoms with Crippen molar-refractivity contribution in [3.8, 4) is 17.2 Å². The monoisotopic (exact) mass is 265 g/mol. The third-order valence-corrected chi connectivity index (χ3v) is 3.50. The van der Waals surface area contributed by atoms with E-state index in [-0.39, 0.29) is 11.8 Å². The molecule has 2 rings (SSSR count). The van der Waals surface area contributed by atoms with E-state index in [1.165, 1.54) is 0 Å². The predicted molar refractivity (Wildman–Crippen MR) is 71.1 cm³/mol. The highest BCUT2D eigenvalue weighted by Gasteiger charge is 2.32. The third kappa shape index (κ3) is 2.45. The van der Waals surface area contributed by atoms with Crippen molar-refractivity contribution in [3.05, 3.63) is 17.7 Å². The number of methoxy groups -OCH3 is 3. The van der Waals surface area contributed by atoms with Gasteiger partial charge in [-0.25, -0.2) is 0 Å². The van der Waals surface area contributed by atoms with Gasteiger partial charge in [0, 0.05) is 43.6 Å². The van der Waals surface area contributed by atoms with Crippen molar-refractivity contribution in [2.75, 3.05) is 34.9 Å². The molecule has 1 aromatic carbocycles. The fourth-order valence-electron chi connectivity index (χ4n) is 2.49. The second-order valence-electron chi connectivity index (χ2n) is 4.62. The van der Waals surface area contributed by atoms with Crippen molar-refractivity contribution in [2.45, 2.75) is 12.3 Å². The van der Waals surface area contributed by atoms with Gasteiger partial charge in [-0.3, -0.25) is 4.79 Å². The molecule has 0 radical (unpaired) electrons. The number of likely N-dealkylation sites (N-methyl/N-ethyl adjacent to an activating group) is 1. The Morgan fingerprint density at radius 1 is 1.11 bits per heavy atom. The number of rotatable bonds is 4. The van der Waals surface area contributed by atoms with Crippen LogP contribution in [-0.4, -0.2) is 45.7 Å². The van der Waals surface area contributed by atoms with Crippen LogP contribution < -0.4 is 14.2 Å². The molecule has 1 fully saturated rings. The number of benzene rings is 1. The summed E-state index contributed by atoms with van der Waals surface area (Å²) in [5.74, 6) is 2.31. The van der Waals surface area contributed by atoms with Crippen LogP contribution >= 0.6 is 0 Å². The summed E-state index contributed by atoms with van der Waals surface area (Å²) in [6, 6.07) is 3.64. The van der Waals surface area contributed by atoms with Crippen LogP contribution in [0.2, 0.25) is 0 Å². The number of nitrogens with zero attached hydrogens (tertiary/aromatic N) is 1. The van der Waals surface area contributed by atoms with Crippen LogP contribution in [0, 0.1) is 0 Å². The summed E-state index contributed by atoms with van der Waals surface area (Å²) in [7, 11) is 6.63. The SMILES string of the molecule is COc1cc(OC)c(C2CC(=O)N(C)C2)c(OC)c1. The van der Waals surface area contributed by atoms with E-state index in [2.05, 4.69) is 0 Å². The van der Waals surface area contributed by atoms with E-state index in [1.54, 1.807) is 26.2 Å². The summed E-state index contributed by atoms with van der Waals surface area (Å²) in [6.07, 6.45) is 0.482. The maximum absolute atomic E-state index is 11.7. The van der Waals surface area contributed by atoms with Crippen molar-refractivity contribution in [2.24, 2.45) is 0 Å². The minimum atomic E-state index is 0.0910. The zero-order chi connectivity index (χ0) is 14.0. The molecule has 1 atom stereocenters. The molecule has 5 nitrogen and oxygen atoms in total. The number of ether oxygens (including phenoxy) is 3. The number of hydrogen-bond donors (Lipinski definition) is 0.